The van der Waals surface area contributed by atoms with Gasteiger partial charge in [-0.15, -0.1) is 12.4 Å². The molecule has 0 unspecified atom stereocenters. The number of hydrogen-bond donors (Lipinski definition) is 2. The van der Waals surface area contributed by atoms with Crippen LogP contribution in [-0.4, -0.2) is 50.6 Å². The van der Waals surface area contributed by atoms with Crippen molar-refractivity contribution in [1.29, 1.82) is 0 Å². The predicted octanol–water partition coefficient (Wildman–Crippen LogP) is 1.40. The SMILES string of the molecule is CN(C)CC(=O)NCCNC1CCCCCC1.Cl. The molecule has 1 aliphatic rings. The van der Waals surface area contributed by atoms with Gasteiger partial charge in [0.15, 0.2) is 0 Å². The highest BCUT2D eigenvalue weighted by atomic mass is 35.5. The summed E-state index contributed by atoms with van der Waals surface area (Å²) in [6.07, 6.45) is 8.07. The molecule has 0 saturated heterocycles. The molecule has 4 nitrogen and oxygen atoms in total. The van der Waals surface area contributed by atoms with Gasteiger partial charge < -0.3 is 15.5 Å². The van der Waals surface area contributed by atoms with Crippen molar-refractivity contribution in [3.63, 3.8) is 0 Å². The van der Waals surface area contributed by atoms with Gasteiger partial charge >= 0.3 is 0 Å². The first-order valence-corrected chi connectivity index (χ1v) is 6.83. The van der Waals surface area contributed by atoms with Crippen LogP contribution in [0.15, 0.2) is 0 Å². The molecule has 1 aliphatic carbocycles. The van der Waals surface area contributed by atoms with Gasteiger partial charge in [-0.3, -0.25) is 4.79 Å². The third kappa shape index (κ3) is 8.72. The van der Waals surface area contributed by atoms with Crippen molar-refractivity contribution in [2.45, 2.75) is 44.6 Å². The fourth-order valence-electron chi connectivity index (χ4n) is 2.30. The van der Waals surface area contributed by atoms with Gasteiger partial charge in [-0.1, -0.05) is 25.7 Å². The number of amides is 1. The summed E-state index contributed by atoms with van der Waals surface area (Å²) in [7, 11) is 3.81. The van der Waals surface area contributed by atoms with Crippen molar-refractivity contribution in [2.75, 3.05) is 33.7 Å². The Hall–Kier alpha value is -0.320. The zero-order chi connectivity index (χ0) is 12.5. The van der Waals surface area contributed by atoms with Gasteiger partial charge in [0.1, 0.15) is 0 Å². The fraction of sp³-hybridized carbons (Fsp3) is 0.923. The molecule has 0 aromatic heterocycles. The Balaban J connectivity index is 0.00000289. The van der Waals surface area contributed by atoms with Gasteiger partial charge in [-0.05, 0) is 26.9 Å². The van der Waals surface area contributed by atoms with Crippen molar-refractivity contribution in [1.82, 2.24) is 15.5 Å². The molecule has 0 aromatic carbocycles. The van der Waals surface area contributed by atoms with E-state index in [0.717, 1.165) is 13.1 Å². The number of rotatable bonds is 6. The molecule has 1 saturated carbocycles. The molecule has 2 N–H and O–H groups in total. The maximum atomic E-state index is 11.4. The van der Waals surface area contributed by atoms with Crippen LogP contribution < -0.4 is 10.6 Å². The van der Waals surface area contributed by atoms with E-state index in [1.54, 1.807) is 0 Å². The van der Waals surface area contributed by atoms with Crippen LogP contribution >= 0.6 is 12.4 Å². The minimum atomic E-state index is 0. The van der Waals surface area contributed by atoms with Gasteiger partial charge in [0.2, 0.25) is 5.91 Å². The first-order valence-electron chi connectivity index (χ1n) is 6.83. The number of carbonyl (C=O) groups is 1. The minimum absolute atomic E-state index is 0. The zero-order valence-corrected chi connectivity index (χ0v) is 12.5. The van der Waals surface area contributed by atoms with Crippen LogP contribution in [0.3, 0.4) is 0 Å². The van der Waals surface area contributed by atoms with Crippen LogP contribution in [0.2, 0.25) is 0 Å². The molecular formula is C13H28ClN3O. The van der Waals surface area contributed by atoms with E-state index >= 15 is 0 Å². The number of nitrogens with one attached hydrogen (secondary N) is 2. The molecule has 5 heteroatoms. The quantitative estimate of drug-likeness (QED) is 0.570. The summed E-state index contributed by atoms with van der Waals surface area (Å²) >= 11 is 0. The fourth-order valence-corrected chi connectivity index (χ4v) is 2.30. The van der Waals surface area contributed by atoms with E-state index < -0.39 is 0 Å². The highest BCUT2D eigenvalue weighted by molar-refractivity contribution is 5.85. The third-order valence-electron chi connectivity index (χ3n) is 3.20. The summed E-state index contributed by atoms with van der Waals surface area (Å²) in [5.74, 6) is 0.109. The van der Waals surface area contributed by atoms with Gasteiger partial charge in [0.05, 0.1) is 6.54 Å². The lowest BCUT2D eigenvalue weighted by Gasteiger charge is -2.16. The first-order chi connectivity index (χ1) is 8.18. The topological polar surface area (TPSA) is 44.4 Å². The number of carbonyl (C=O) groups excluding carboxylic acids is 1. The third-order valence-corrected chi connectivity index (χ3v) is 3.20. The first kappa shape index (κ1) is 17.7. The van der Waals surface area contributed by atoms with Crippen molar-refractivity contribution in [2.24, 2.45) is 0 Å². The maximum absolute atomic E-state index is 11.4. The van der Waals surface area contributed by atoms with Gasteiger partial charge in [-0.25, -0.2) is 0 Å². The Labute approximate surface area is 117 Å². The lowest BCUT2D eigenvalue weighted by atomic mass is 10.1. The van der Waals surface area contributed by atoms with Crippen molar-refractivity contribution in [3.8, 4) is 0 Å². The van der Waals surface area contributed by atoms with Crippen LogP contribution in [0.5, 0.6) is 0 Å². The molecule has 0 bridgehead atoms. The second-order valence-electron chi connectivity index (χ2n) is 5.23. The Bertz CT molecular complexity index is 216. The Kier molecular flexibility index (Phi) is 10.4. The van der Waals surface area contributed by atoms with Crippen LogP contribution in [0.1, 0.15) is 38.5 Å². The molecule has 18 heavy (non-hydrogen) atoms. The monoisotopic (exact) mass is 277 g/mol. The smallest absolute Gasteiger partial charge is 0.234 e. The van der Waals surface area contributed by atoms with Crippen molar-refractivity contribution >= 4 is 18.3 Å². The summed E-state index contributed by atoms with van der Waals surface area (Å²) < 4.78 is 0. The second kappa shape index (κ2) is 10.6. The van der Waals surface area contributed by atoms with E-state index in [-0.39, 0.29) is 18.3 Å². The molecular weight excluding hydrogens is 250 g/mol. The van der Waals surface area contributed by atoms with Gasteiger partial charge in [0.25, 0.3) is 0 Å². The zero-order valence-electron chi connectivity index (χ0n) is 11.7. The molecule has 0 spiro atoms. The summed E-state index contributed by atoms with van der Waals surface area (Å²) in [4.78, 5) is 13.3. The van der Waals surface area contributed by atoms with E-state index in [2.05, 4.69) is 10.6 Å². The van der Waals surface area contributed by atoms with Crippen molar-refractivity contribution < 1.29 is 4.79 Å². The molecule has 1 rings (SSSR count). The summed E-state index contributed by atoms with van der Waals surface area (Å²) in [6.45, 7) is 2.11. The molecule has 0 heterocycles. The standard InChI is InChI=1S/C13H27N3O.ClH/c1-16(2)11-13(17)15-10-9-14-12-7-5-3-4-6-8-12;/h12,14H,3-11H2,1-2H3,(H,15,17);1H. The summed E-state index contributed by atoms with van der Waals surface area (Å²) in [6, 6.07) is 0.670. The molecule has 1 fully saturated rings. The van der Waals surface area contributed by atoms with Crippen molar-refractivity contribution in [3.05, 3.63) is 0 Å². The number of hydrogen-bond acceptors (Lipinski definition) is 3. The van der Waals surface area contributed by atoms with Crippen LogP contribution in [0, 0.1) is 0 Å². The average Bonchev–Trinajstić information content (AvgIpc) is 2.52. The number of halogens is 1. The van der Waals surface area contributed by atoms with Crippen LogP contribution in [-0.2, 0) is 4.79 Å². The van der Waals surface area contributed by atoms with E-state index in [1.165, 1.54) is 38.5 Å². The Morgan fingerprint density at radius 3 is 2.28 bits per heavy atom. The van der Waals surface area contributed by atoms with Gasteiger partial charge in [0, 0.05) is 19.1 Å². The molecule has 0 aliphatic heterocycles. The molecule has 0 radical (unpaired) electrons. The second-order valence-corrected chi connectivity index (χ2v) is 5.23. The average molecular weight is 278 g/mol. The largest absolute Gasteiger partial charge is 0.354 e. The lowest BCUT2D eigenvalue weighted by Crippen LogP contribution is -2.39. The lowest BCUT2D eigenvalue weighted by molar-refractivity contribution is -0.121. The molecule has 1 amide bonds. The molecule has 0 atom stereocenters. The summed E-state index contributed by atoms with van der Waals surface area (Å²) in [5.41, 5.74) is 0. The van der Waals surface area contributed by atoms with Gasteiger partial charge in [-0.2, -0.15) is 0 Å². The van der Waals surface area contributed by atoms with E-state index in [9.17, 15) is 4.79 Å². The predicted molar refractivity (Wildman–Crippen MR) is 78.3 cm³/mol. The number of nitrogens with zero attached hydrogens (tertiary/aromatic N) is 1. The van der Waals surface area contributed by atoms with E-state index in [0.29, 0.717) is 12.6 Å². The van der Waals surface area contributed by atoms with E-state index in [4.69, 9.17) is 0 Å². The van der Waals surface area contributed by atoms with Crippen LogP contribution in [0.25, 0.3) is 0 Å². The molecule has 108 valence electrons. The summed E-state index contributed by atoms with van der Waals surface area (Å²) in [5, 5.41) is 6.47. The Morgan fingerprint density at radius 1 is 1.11 bits per heavy atom. The Morgan fingerprint density at radius 2 is 1.72 bits per heavy atom. The number of likely N-dealkylation sites (N-methyl/N-ethyl adjacent to an activating group) is 1. The van der Waals surface area contributed by atoms with E-state index in [1.807, 2.05) is 19.0 Å². The van der Waals surface area contributed by atoms with Crippen LogP contribution in [0.4, 0.5) is 0 Å². The maximum Gasteiger partial charge on any atom is 0.234 e. The highest BCUT2D eigenvalue weighted by Gasteiger charge is 2.10. The minimum Gasteiger partial charge on any atom is -0.354 e. The molecule has 0 aromatic rings. The highest BCUT2D eigenvalue weighted by Crippen LogP contribution is 2.16. The normalized spacial score (nSPS) is 17.1.